The van der Waals surface area contributed by atoms with E-state index in [1.807, 2.05) is 0 Å². The third-order valence-corrected chi connectivity index (χ3v) is 7.89. The first-order chi connectivity index (χ1) is 15.6. The van der Waals surface area contributed by atoms with Crippen LogP contribution < -0.4 is 10.2 Å². The number of likely N-dealkylation sites (tertiary alicyclic amines) is 1. The van der Waals surface area contributed by atoms with E-state index in [4.69, 9.17) is 4.98 Å². The van der Waals surface area contributed by atoms with Crippen LogP contribution in [0.4, 0.5) is 13.9 Å². The number of aromatic nitrogens is 2. The predicted molar refractivity (Wildman–Crippen MR) is 120 cm³/mol. The second-order valence-corrected chi connectivity index (χ2v) is 10.0. The van der Waals surface area contributed by atoms with Gasteiger partial charge in [0.05, 0.1) is 24.1 Å². The molecule has 1 amide bonds. The largest absolute Gasteiger partial charge is 0.348 e. The number of anilines is 1. The number of halogens is 2. The Morgan fingerprint density at radius 1 is 1.09 bits per heavy atom. The lowest BCUT2D eigenvalue weighted by molar-refractivity contribution is 0.0953. The monoisotopic (exact) mass is 461 g/mol. The van der Waals surface area contributed by atoms with Crippen LogP contribution in [-0.4, -0.2) is 53.0 Å². The Labute approximate surface area is 191 Å². The van der Waals surface area contributed by atoms with E-state index in [1.54, 1.807) is 0 Å². The second kappa shape index (κ2) is 9.39. The molecule has 4 heterocycles. The van der Waals surface area contributed by atoms with Gasteiger partial charge in [0.25, 0.3) is 5.91 Å². The van der Waals surface area contributed by atoms with Gasteiger partial charge in [-0.15, -0.1) is 0 Å². The van der Waals surface area contributed by atoms with Gasteiger partial charge in [-0.2, -0.15) is 0 Å². The van der Waals surface area contributed by atoms with Gasteiger partial charge >= 0.3 is 0 Å². The van der Waals surface area contributed by atoms with E-state index in [-0.39, 0.29) is 18.1 Å². The fraction of sp³-hybridized carbons (Fsp3) is 0.609. The van der Waals surface area contributed by atoms with Crippen molar-refractivity contribution in [1.82, 2.24) is 20.2 Å². The smallest absolute Gasteiger partial charge is 0.263 e. The highest BCUT2D eigenvalue weighted by molar-refractivity contribution is 7.17. The minimum Gasteiger partial charge on any atom is -0.348 e. The van der Waals surface area contributed by atoms with Crippen LogP contribution in [0.15, 0.2) is 12.3 Å². The molecule has 172 valence electrons. The number of carbonyl (C=O) groups is 1. The van der Waals surface area contributed by atoms with E-state index in [1.165, 1.54) is 43.7 Å². The molecule has 0 radical (unpaired) electrons. The first-order valence-electron chi connectivity index (χ1n) is 11.7. The second-order valence-electron chi connectivity index (χ2n) is 9.06. The van der Waals surface area contributed by atoms with Crippen LogP contribution in [0, 0.1) is 11.6 Å². The molecule has 1 saturated carbocycles. The van der Waals surface area contributed by atoms with Gasteiger partial charge in [-0.1, -0.05) is 17.8 Å². The number of amides is 1. The van der Waals surface area contributed by atoms with Gasteiger partial charge < -0.3 is 15.1 Å². The van der Waals surface area contributed by atoms with Gasteiger partial charge in [0, 0.05) is 31.1 Å². The lowest BCUT2D eigenvalue weighted by Crippen LogP contribution is -2.46. The molecule has 32 heavy (non-hydrogen) atoms. The zero-order valence-electron chi connectivity index (χ0n) is 18.2. The normalized spacial score (nSPS) is 20.5. The van der Waals surface area contributed by atoms with Crippen LogP contribution in [0.1, 0.15) is 71.9 Å². The average molecular weight is 462 g/mol. The van der Waals surface area contributed by atoms with Gasteiger partial charge in [-0.25, -0.2) is 13.8 Å². The molecule has 2 aromatic rings. The van der Waals surface area contributed by atoms with Crippen LogP contribution in [0.2, 0.25) is 0 Å². The van der Waals surface area contributed by atoms with Crippen molar-refractivity contribution < 1.29 is 13.6 Å². The molecule has 2 aliphatic heterocycles. The fourth-order valence-electron chi connectivity index (χ4n) is 4.77. The highest BCUT2D eigenvalue weighted by Crippen LogP contribution is 2.44. The number of carbonyl (C=O) groups excluding carboxylic acids is 1. The summed E-state index contributed by atoms with van der Waals surface area (Å²) in [6.07, 6.45) is 9.31. The van der Waals surface area contributed by atoms with E-state index in [0.29, 0.717) is 16.8 Å². The molecule has 2 aromatic heterocycles. The van der Waals surface area contributed by atoms with Crippen molar-refractivity contribution in [3.63, 3.8) is 0 Å². The van der Waals surface area contributed by atoms with Gasteiger partial charge in [0.15, 0.2) is 5.13 Å². The molecule has 6 nitrogen and oxygen atoms in total. The maximum Gasteiger partial charge on any atom is 0.263 e. The zero-order valence-corrected chi connectivity index (χ0v) is 19.0. The minimum atomic E-state index is -0.755. The summed E-state index contributed by atoms with van der Waals surface area (Å²) in [5, 5.41) is 3.66. The fourth-order valence-corrected chi connectivity index (χ4v) is 5.89. The number of hydrogen-bond donors (Lipinski definition) is 1. The summed E-state index contributed by atoms with van der Waals surface area (Å²) in [5.74, 6) is -1.41. The molecule has 0 spiro atoms. The van der Waals surface area contributed by atoms with Gasteiger partial charge in [0.2, 0.25) is 0 Å². The van der Waals surface area contributed by atoms with E-state index < -0.39 is 11.6 Å². The minimum absolute atomic E-state index is 0.0252. The highest BCUT2D eigenvalue weighted by Gasteiger charge is 2.34. The molecular formula is C23H29F2N5OS. The molecule has 5 rings (SSSR count). The molecule has 0 aromatic carbocycles. The SMILES string of the molecule is O=C(NCc1ncc(F)cc1F)c1sc(N2CCC(N3CCCCC3)CC2)nc1C1CC1. The van der Waals surface area contributed by atoms with Crippen LogP contribution in [0.25, 0.3) is 0 Å². The molecule has 1 aliphatic carbocycles. The van der Waals surface area contributed by atoms with Crippen molar-refractivity contribution in [3.8, 4) is 0 Å². The summed E-state index contributed by atoms with van der Waals surface area (Å²) in [5.41, 5.74) is 0.894. The molecular weight excluding hydrogens is 432 g/mol. The average Bonchev–Trinajstić information content (AvgIpc) is 3.57. The van der Waals surface area contributed by atoms with Crippen molar-refractivity contribution in [1.29, 1.82) is 0 Å². The maximum absolute atomic E-state index is 13.9. The summed E-state index contributed by atoms with van der Waals surface area (Å²) in [4.78, 5) is 27.1. The molecule has 1 N–H and O–H groups in total. The van der Waals surface area contributed by atoms with Crippen molar-refractivity contribution in [2.75, 3.05) is 31.1 Å². The molecule has 9 heteroatoms. The summed E-state index contributed by atoms with van der Waals surface area (Å²) < 4.78 is 26.9. The molecule has 0 atom stereocenters. The van der Waals surface area contributed by atoms with Gasteiger partial charge in [-0.05, 0) is 51.6 Å². The molecule has 0 unspecified atom stereocenters. The first-order valence-corrected chi connectivity index (χ1v) is 12.5. The third-order valence-electron chi connectivity index (χ3n) is 6.75. The summed E-state index contributed by atoms with van der Waals surface area (Å²) in [6, 6.07) is 1.44. The Kier molecular flexibility index (Phi) is 6.37. The van der Waals surface area contributed by atoms with Crippen LogP contribution >= 0.6 is 11.3 Å². The molecule has 0 bridgehead atoms. The number of rotatable bonds is 6. The standard InChI is InChI=1S/C23H29F2N5OS/c24-16-12-18(25)19(26-13-16)14-27-22(31)21-20(15-4-5-15)28-23(32-21)30-10-6-17(7-11-30)29-8-2-1-3-9-29/h12-13,15,17H,1-11,14H2,(H,27,31). The Balaban J connectivity index is 1.24. The molecule has 3 fully saturated rings. The Morgan fingerprint density at radius 3 is 2.53 bits per heavy atom. The van der Waals surface area contributed by atoms with Crippen molar-refractivity contribution >= 4 is 22.4 Å². The molecule has 2 saturated heterocycles. The van der Waals surface area contributed by atoms with Crippen LogP contribution in [-0.2, 0) is 6.54 Å². The number of hydrogen-bond acceptors (Lipinski definition) is 6. The lowest BCUT2D eigenvalue weighted by Gasteiger charge is -2.40. The van der Waals surface area contributed by atoms with Gasteiger partial charge in [-0.3, -0.25) is 9.78 Å². The van der Waals surface area contributed by atoms with Crippen LogP contribution in [0.5, 0.6) is 0 Å². The number of nitrogens with one attached hydrogen (secondary N) is 1. The number of nitrogens with zero attached hydrogens (tertiary/aromatic N) is 4. The topological polar surface area (TPSA) is 61.4 Å². The Hall–Kier alpha value is -2.13. The van der Waals surface area contributed by atoms with Gasteiger partial charge in [0.1, 0.15) is 16.5 Å². The Morgan fingerprint density at radius 2 is 1.84 bits per heavy atom. The lowest BCUT2D eigenvalue weighted by atomic mass is 10.0. The summed E-state index contributed by atoms with van der Waals surface area (Å²) in [6.45, 7) is 4.29. The van der Waals surface area contributed by atoms with E-state index >= 15 is 0 Å². The van der Waals surface area contributed by atoms with E-state index in [2.05, 4.69) is 20.1 Å². The highest BCUT2D eigenvalue weighted by atomic mass is 32.1. The quantitative estimate of drug-likeness (QED) is 0.703. The summed E-state index contributed by atoms with van der Waals surface area (Å²) in [7, 11) is 0. The third kappa shape index (κ3) is 4.78. The summed E-state index contributed by atoms with van der Waals surface area (Å²) >= 11 is 1.44. The zero-order chi connectivity index (χ0) is 22.1. The van der Waals surface area contributed by atoms with Crippen molar-refractivity contribution in [2.24, 2.45) is 0 Å². The van der Waals surface area contributed by atoms with Crippen LogP contribution in [0.3, 0.4) is 0 Å². The van der Waals surface area contributed by atoms with E-state index in [0.717, 1.165) is 61.9 Å². The maximum atomic E-state index is 13.9. The number of thiazole rings is 1. The van der Waals surface area contributed by atoms with Crippen molar-refractivity contribution in [3.05, 3.63) is 40.2 Å². The van der Waals surface area contributed by atoms with E-state index in [9.17, 15) is 13.6 Å². The van der Waals surface area contributed by atoms with Crippen molar-refractivity contribution in [2.45, 2.75) is 63.5 Å². The number of pyridine rings is 1. The Bertz CT molecular complexity index is 965. The predicted octanol–water partition coefficient (Wildman–Crippen LogP) is 4.08. The molecule has 3 aliphatic rings. The first kappa shape index (κ1) is 21.7. The number of piperidine rings is 2.